The smallest absolute Gasteiger partial charge is 0.337 e. The van der Waals surface area contributed by atoms with Crippen molar-refractivity contribution in [2.45, 2.75) is 0 Å². The first-order valence-corrected chi connectivity index (χ1v) is 6.92. The minimum absolute atomic E-state index is 0.385. The molecule has 0 N–H and O–H groups in total. The van der Waals surface area contributed by atoms with Gasteiger partial charge in [0.1, 0.15) is 6.26 Å². The van der Waals surface area contributed by atoms with Crippen molar-refractivity contribution in [3.63, 3.8) is 0 Å². The highest BCUT2D eigenvalue weighted by atomic mass is 16.5. The van der Waals surface area contributed by atoms with Gasteiger partial charge in [0.15, 0.2) is 17.3 Å². The van der Waals surface area contributed by atoms with Crippen LogP contribution in [0, 0.1) is 0 Å². The van der Waals surface area contributed by atoms with Gasteiger partial charge < -0.3 is 18.9 Å². The minimum atomic E-state index is -0.438. The number of carbonyl (C=O) groups excluding carboxylic acids is 1. The van der Waals surface area contributed by atoms with Crippen LogP contribution in [-0.2, 0) is 9.47 Å². The van der Waals surface area contributed by atoms with Gasteiger partial charge in [-0.2, -0.15) is 0 Å². The molecule has 120 valence electrons. The molecule has 2 rings (SSSR count). The Morgan fingerprint density at radius 1 is 0.870 bits per heavy atom. The third-order valence-corrected chi connectivity index (χ3v) is 3.16. The lowest BCUT2D eigenvalue weighted by Crippen LogP contribution is -2.02. The number of hydrogen-bond donors (Lipinski definition) is 0. The first-order valence-electron chi connectivity index (χ1n) is 6.92. The van der Waals surface area contributed by atoms with E-state index in [9.17, 15) is 4.79 Å². The molecule has 0 unspecified atom stereocenters. The van der Waals surface area contributed by atoms with E-state index in [1.54, 1.807) is 25.3 Å². The Labute approximate surface area is 135 Å². The summed E-state index contributed by atoms with van der Waals surface area (Å²) >= 11 is 0. The highest BCUT2D eigenvalue weighted by molar-refractivity contribution is 5.90. The van der Waals surface area contributed by atoms with Crippen molar-refractivity contribution >= 4 is 11.7 Å². The predicted octanol–water partition coefficient (Wildman–Crippen LogP) is 3.51. The zero-order valence-electron chi connectivity index (χ0n) is 13.2. The third kappa shape index (κ3) is 4.03. The molecule has 5 nitrogen and oxygen atoms in total. The van der Waals surface area contributed by atoms with Crippen molar-refractivity contribution in [3.05, 3.63) is 65.9 Å². The van der Waals surface area contributed by atoms with Crippen LogP contribution in [0.25, 0.3) is 5.76 Å². The van der Waals surface area contributed by atoms with Crippen LogP contribution >= 0.6 is 0 Å². The molecule has 0 fully saturated rings. The second-order valence-electron chi connectivity index (χ2n) is 4.53. The van der Waals surface area contributed by atoms with E-state index in [2.05, 4.69) is 4.74 Å². The monoisotopic (exact) mass is 314 g/mol. The Bertz CT molecular complexity index is 692. The number of hydrogen-bond acceptors (Lipinski definition) is 5. The second-order valence-corrected chi connectivity index (χ2v) is 4.53. The van der Waals surface area contributed by atoms with E-state index < -0.39 is 5.97 Å². The lowest BCUT2D eigenvalue weighted by molar-refractivity contribution is 0.0600. The molecule has 0 saturated heterocycles. The largest absolute Gasteiger partial charge is 0.493 e. The average Bonchev–Trinajstić information content (AvgIpc) is 2.62. The highest BCUT2D eigenvalue weighted by Gasteiger charge is 2.11. The van der Waals surface area contributed by atoms with Gasteiger partial charge in [-0.25, -0.2) is 4.79 Å². The van der Waals surface area contributed by atoms with Gasteiger partial charge in [-0.15, -0.1) is 0 Å². The van der Waals surface area contributed by atoms with Crippen molar-refractivity contribution in [1.29, 1.82) is 0 Å². The summed E-state index contributed by atoms with van der Waals surface area (Å²) in [5, 5.41) is 0. The molecule has 2 aromatic rings. The Hall–Kier alpha value is -2.95. The molecule has 0 saturated carbocycles. The first kappa shape index (κ1) is 16.4. The Morgan fingerprint density at radius 3 is 2.22 bits per heavy atom. The van der Waals surface area contributed by atoms with Crippen molar-refractivity contribution in [1.82, 2.24) is 0 Å². The van der Waals surface area contributed by atoms with E-state index in [1.165, 1.54) is 20.5 Å². The van der Waals surface area contributed by atoms with E-state index in [0.717, 1.165) is 5.56 Å². The number of methoxy groups -OCH3 is 3. The molecular formula is C18H18O5. The third-order valence-electron chi connectivity index (χ3n) is 3.16. The van der Waals surface area contributed by atoms with Crippen LogP contribution in [-0.4, -0.2) is 27.3 Å². The van der Waals surface area contributed by atoms with Gasteiger partial charge in [0.05, 0.1) is 26.9 Å². The maximum atomic E-state index is 11.5. The van der Waals surface area contributed by atoms with E-state index in [1.807, 2.05) is 30.3 Å². The molecule has 2 aromatic carbocycles. The van der Waals surface area contributed by atoms with Crippen molar-refractivity contribution in [3.8, 4) is 11.5 Å². The van der Waals surface area contributed by atoms with Gasteiger partial charge in [-0.1, -0.05) is 30.3 Å². The molecule has 0 spiro atoms. The van der Waals surface area contributed by atoms with Crippen LogP contribution in [0.2, 0.25) is 0 Å². The quantitative estimate of drug-likeness (QED) is 0.603. The topological polar surface area (TPSA) is 54.0 Å². The van der Waals surface area contributed by atoms with Crippen LogP contribution < -0.4 is 9.47 Å². The molecule has 0 aliphatic rings. The molecule has 5 heteroatoms. The molecule has 0 bridgehead atoms. The summed E-state index contributed by atoms with van der Waals surface area (Å²) in [4.78, 5) is 11.5. The molecule has 0 amide bonds. The lowest BCUT2D eigenvalue weighted by Gasteiger charge is -2.11. The van der Waals surface area contributed by atoms with Crippen LogP contribution in [0.5, 0.6) is 11.5 Å². The fourth-order valence-electron chi connectivity index (χ4n) is 1.96. The Morgan fingerprint density at radius 2 is 1.61 bits per heavy atom. The highest BCUT2D eigenvalue weighted by Crippen LogP contribution is 2.29. The van der Waals surface area contributed by atoms with E-state index in [4.69, 9.17) is 14.2 Å². The molecule has 0 radical (unpaired) electrons. The summed E-state index contributed by atoms with van der Waals surface area (Å²) in [6, 6.07) is 14.4. The molecule has 0 aliphatic heterocycles. The van der Waals surface area contributed by atoms with Gasteiger partial charge in [-0.05, 0) is 18.2 Å². The fourth-order valence-corrected chi connectivity index (χ4v) is 1.96. The minimum Gasteiger partial charge on any atom is -0.493 e. The van der Waals surface area contributed by atoms with E-state index >= 15 is 0 Å². The number of esters is 1. The SMILES string of the molecule is COC(=O)c1ccc(O/C=C(/OC)c2ccccc2)c(OC)c1. The summed E-state index contributed by atoms with van der Waals surface area (Å²) in [6.07, 6.45) is 1.49. The summed E-state index contributed by atoms with van der Waals surface area (Å²) in [5.41, 5.74) is 1.27. The number of carbonyl (C=O) groups is 1. The maximum absolute atomic E-state index is 11.5. The molecule has 0 aliphatic carbocycles. The number of ether oxygens (including phenoxy) is 4. The molecule has 23 heavy (non-hydrogen) atoms. The normalized spacial score (nSPS) is 10.8. The van der Waals surface area contributed by atoms with Gasteiger partial charge in [-0.3, -0.25) is 0 Å². The van der Waals surface area contributed by atoms with Gasteiger partial charge in [0.2, 0.25) is 0 Å². The standard InChI is InChI=1S/C18H18O5/c1-20-16-11-14(18(19)22-3)9-10-15(16)23-12-17(21-2)13-7-5-4-6-8-13/h4-12H,1-3H3/b17-12+. The van der Waals surface area contributed by atoms with E-state index in [-0.39, 0.29) is 0 Å². The summed E-state index contributed by atoms with van der Waals surface area (Å²) in [7, 11) is 4.40. The molecule has 0 aromatic heterocycles. The Balaban J connectivity index is 2.25. The number of benzene rings is 2. The van der Waals surface area contributed by atoms with Crippen LogP contribution in [0.3, 0.4) is 0 Å². The van der Waals surface area contributed by atoms with Gasteiger partial charge >= 0.3 is 5.97 Å². The van der Waals surface area contributed by atoms with Gasteiger partial charge in [0, 0.05) is 5.56 Å². The van der Waals surface area contributed by atoms with Crippen LogP contribution in [0.15, 0.2) is 54.8 Å². The van der Waals surface area contributed by atoms with E-state index in [0.29, 0.717) is 22.8 Å². The maximum Gasteiger partial charge on any atom is 0.337 e. The summed E-state index contributed by atoms with van der Waals surface area (Å²) in [5.74, 6) is 1.02. The lowest BCUT2D eigenvalue weighted by atomic mass is 10.2. The molecule has 0 atom stereocenters. The van der Waals surface area contributed by atoms with Crippen molar-refractivity contribution < 1.29 is 23.7 Å². The van der Waals surface area contributed by atoms with Gasteiger partial charge in [0.25, 0.3) is 0 Å². The number of rotatable bonds is 6. The first-order chi connectivity index (χ1) is 11.2. The van der Waals surface area contributed by atoms with Crippen LogP contribution in [0.4, 0.5) is 0 Å². The zero-order valence-corrected chi connectivity index (χ0v) is 13.2. The van der Waals surface area contributed by atoms with Crippen LogP contribution in [0.1, 0.15) is 15.9 Å². The average molecular weight is 314 g/mol. The zero-order chi connectivity index (χ0) is 16.7. The second kappa shape index (κ2) is 7.89. The van der Waals surface area contributed by atoms with Crippen molar-refractivity contribution in [2.75, 3.05) is 21.3 Å². The predicted molar refractivity (Wildman–Crippen MR) is 86.4 cm³/mol. The summed E-state index contributed by atoms with van der Waals surface area (Å²) < 4.78 is 20.9. The van der Waals surface area contributed by atoms with Crippen molar-refractivity contribution in [2.24, 2.45) is 0 Å². The fraction of sp³-hybridized carbons (Fsp3) is 0.167. The summed E-state index contributed by atoms with van der Waals surface area (Å²) in [6.45, 7) is 0. The molecular weight excluding hydrogens is 296 g/mol. The Kier molecular flexibility index (Phi) is 5.63. The molecule has 0 heterocycles.